The van der Waals surface area contributed by atoms with Crippen molar-refractivity contribution >= 4 is 37.4 Å². The number of hydrogen-bond acceptors (Lipinski definition) is 9. The van der Waals surface area contributed by atoms with Crippen LogP contribution in [0.2, 0.25) is 0 Å². The molecular weight excluding hydrogens is 608 g/mol. The second-order valence-corrected chi connectivity index (χ2v) is 12.3. The van der Waals surface area contributed by atoms with E-state index in [4.69, 9.17) is 13.8 Å². The van der Waals surface area contributed by atoms with E-state index in [1.807, 2.05) is 32.0 Å². The average molecular weight is 647 g/mol. The number of methoxy groups -OCH3 is 1. The van der Waals surface area contributed by atoms with Crippen LogP contribution in [0.5, 0.6) is 5.75 Å². The number of nitrogens with zero attached hydrogens (tertiary/aromatic N) is 4. The van der Waals surface area contributed by atoms with Crippen molar-refractivity contribution in [1.82, 2.24) is 19.8 Å². The average Bonchev–Trinajstić information content (AvgIpc) is 3.62. The van der Waals surface area contributed by atoms with Crippen molar-refractivity contribution in [1.29, 1.82) is 0 Å². The molecule has 242 valence electrons. The number of alkyl halides is 3. The van der Waals surface area contributed by atoms with Gasteiger partial charge in [0, 0.05) is 32.5 Å². The molecule has 0 spiro atoms. The third-order valence-electron chi connectivity index (χ3n) is 7.68. The number of ether oxygens (including phenoxy) is 1. The second-order valence-electron chi connectivity index (χ2n) is 10.8. The molecule has 5 rings (SSSR count). The maximum atomic E-state index is 14.1. The van der Waals surface area contributed by atoms with Crippen molar-refractivity contribution in [3.8, 4) is 5.75 Å². The number of aromatic nitrogens is 2. The van der Waals surface area contributed by atoms with E-state index in [1.54, 1.807) is 24.1 Å². The van der Waals surface area contributed by atoms with Gasteiger partial charge in [0.1, 0.15) is 17.1 Å². The van der Waals surface area contributed by atoms with Gasteiger partial charge in [-0.1, -0.05) is 12.1 Å². The van der Waals surface area contributed by atoms with Crippen LogP contribution in [0.25, 0.3) is 0 Å². The Morgan fingerprint density at radius 2 is 1.73 bits per heavy atom. The van der Waals surface area contributed by atoms with Gasteiger partial charge in [0.05, 0.1) is 37.3 Å². The number of halogens is 3. The summed E-state index contributed by atoms with van der Waals surface area (Å²) >= 11 is 0. The quantitative estimate of drug-likeness (QED) is 0.189. The molecule has 10 nitrogen and oxygen atoms in total. The van der Waals surface area contributed by atoms with Crippen LogP contribution >= 0.6 is 8.38 Å². The molecule has 3 heterocycles. The van der Waals surface area contributed by atoms with Gasteiger partial charge in [0.15, 0.2) is 8.38 Å². The van der Waals surface area contributed by atoms with Gasteiger partial charge in [-0.15, -0.1) is 0 Å². The molecule has 0 atom stereocenters. The van der Waals surface area contributed by atoms with Gasteiger partial charge in [-0.25, -0.2) is 4.98 Å². The Kier molecular flexibility index (Phi) is 10.4. The third kappa shape index (κ3) is 7.66. The summed E-state index contributed by atoms with van der Waals surface area (Å²) in [7, 11) is 2.07. The van der Waals surface area contributed by atoms with Crippen LogP contribution in [0, 0.1) is 0 Å². The first-order valence-electron chi connectivity index (χ1n) is 14.9. The zero-order chi connectivity index (χ0) is 32.1. The number of amides is 1. The molecular formula is C31H38F3N6O4P. The lowest BCUT2D eigenvalue weighted by Crippen LogP contribution is -2.19. The Hall–Kier alpha value is -3.51. The van der Waals surface area contributed by atoms with E-state index in [9.17, 15) is 18.0 Å². The van der Waals surface area contributed by atoms with Crippen LogP contribution in [-0.4, -0.2) is 66.1 Å². The number of hydrogen-bond donors (Lipinski definition) is 2. The summed E-state index contributed by atoms with van der Waals surface area (Å²) < 4.78 is 59.4. The zero-order valence-corrected chi connectivity index (χ0v) is 26.7. The molecule has 2 N–H and O–H groups in total. The zero-order valence-electron chi connectivity index (χ0n) is 25.8. The standard InChI is InChI=1S/C31H38F3N6O4P/c1-5-43-45(44-6-2)19-20-9-11-24(26(15-20)42-4)37-30-35-16-23(31(32,33)34)28(38-30)36-25-12-10-21(17-40-13-7-8-14-40)22-18-39(3)29(41)27(22)25/h9-12,15-16H,5-8,13-14,17-19H2,1-4H3,(H2,35,36,37,38). The first-order chi connectivity index (χ1) is 21.6. The number of anilines is 4. The summed E-state index contributed by atoms with van der Waals surface area (Å²) in [6, 6.07) is 8.96. The van der Waals surface area contributed by atoms with E-state index in [0.717, 1.165) is 48.8 Å². The number of benzene rings is 2. The fraction of sp³-hybridized carbons (Fsp3) is 0.452. The molecule has 14 heteroatoms. The predicted molar refractivity (Wildman–Crippen MR) is 167 cm³/mol. The Labute approximate surface area is 262 Å². The van der Waals surface area contributed by atoms with Gasteiger partial charge in [0.2, 0.25) is 5.95 Å². The van der Waals surface area contributed by atoms with E-state index in [2.05, 4.69) is 25.5 Å². The highest BCUT2D eigenvalue weighted by molar-refractivity contribution is 7.46. The van der Waals surface area contributed by atoms with Crippen LogP contribution in [0.15, 0.2) is 36.5 Å². The minimum Gasteiger partial charge on any atom is -0.495 e. The summed E-state index contributed by atoms with van der Waals surface area (Å²) in [6.07, 6.45) is -1.20. The Bertz CT molecular complexity index is 1510. The minimum absolute atomic E-state index is 0.0758. The van der Waals surface area contributed by atoms with Crippen molar-refractivity contribution in [2.75, 3.05) is 51.1 Å². The molecule has 3 aromatic rings. The topological polar surface area (TPSA) is 101 Å². The van der Waals surface area contributed by atoms with Crippen LogP contribution in [0.1, 0.15) is 59.3 Å². The summed E-state index contributed by atoms with van der Waals surface area (Å²) in [6.45, 7) is 7.92. The maximum Gasteiger partial charge on any atom is 0.421 e. The first-order valence-corrected chi connectivity index (χ1v) is 16.3. The lowest BCUT2D eigenvalue weighted by Gasteiger charge is -2.20. The van der Waals surface area contributed by atoms with Gasteiger partial charge in [0.25, 0.3) is 5.91 Å². The van der Waals surface area contributed by atoms with Crippen molar-refractivity contribution < 1.29 is 31.8 Å². The molecule has 0 saturated carbocycles. The summed E-state index contributed by atoms with van der Waals surface area (Å²) in [4.78, 5) is 25.3. The number of likely N-dealkylation sites (tertiary alicyclic amines) is 1. The highest BCUT2D eigenvalue weighted by Gasteiger charge is 2.37. The van der Waals surface area contributed by atoms with Crippen LogP contribution in [0.3, 0.4) is 0 Å². The smallest absolute Gasteiger partial charge is 0.421 e. The van der Waals surface area contributed by atoms with Crippen molar-refractivity contribution in [2.45, 2.75) is 52.1 Å². The van der Waals surface area contributed by atoms with Gasteiger partial charge in [-0.2, -0.15) is 18.2 Å². The number of carbonyl (C=O) groups excluding carboxylic acids is 1. The van der Waals surface area contributed by atoms with Crippen molar-refractivity contribution in [3.63, 3.8) is 0 Å². The molecule has 1 aromatic heterocycles. The van der Waals surface area contributed by atoms with Gasteiger partial charge in [-0.3, -0.25) is 9.69 Å². The lowest BCUT2D eigenvalue weighted by molar-refractivity contribution is -0.137. The summed E-state index contributed by atoms with van der Waals surface area (Å²) in [5.41, 5.74) is 2.79. The Morgan fingerprint density at radius 3 is 2.40 bits per heavy atom. The lowest BCUT2D eigenvalue weighted by atomic mass is 10.0. The number of fused-ring (bicyclic) bond motifs is 1. The molecule has 0 bridgehead atoms. The van der Waals surface area contributed by atoms with Crippen molar-refractivity contribution in [3.05, 3.63) is 64.3 Å². The molecule has 0 unspecified atom stereocenters. The van der Waals surface area contributed by atoms with E-state index in [-0.39, 0.29) is 17.5 Å². The highest BCUT2D eigenvalue weighted by atomic mass is 31.2. The van der Waals surface area contributed by atoms with Crippen LogP contribution < -0.4 is 15.4 Å². The largest absolute Gasteiger partial charge is 0.495 e. The molecule has 2 aromatic carbocycles. The molecule has 2 aliphatic heterocycles. The van der Waals surface area contributed by atoms with E-state index in [0.29, 0.717) is 49.5 Å². The first kappa shape index (κ1) is 32.9. The summed E-state index contributed by atoms with van der Waals surface area (Å²) in [5.74, 6) is -0.341. The minimum atomic E-state index is -4.74. The molecule has 2 aliphatic rings. The molecule has 0 aliphatic carbocycles. The molecule has 1 fully saturated rings. The SMILES string of the molecule is CCOP(Cc1ccc(Nc2ncc(C(F)(F)F)c(Nc3ccc(CN4CCCC4)c4c3C(=O)N(C)C4)n2)c(OC)c1)OCC. The van der Waals surface area contributed by atoms with Gasteiger partial charge < -0.3 is 29.3 Å². The monoisotopic (exact) mass is 646 g/mol. The van der Waals surface area contributed by atoms with Crippen LogP contribution in [-0.2, 0) is 34.5 Å². The highest BCUT2D eigenvalue weighted by Crippen LogP contribution is 2.43. The number of nitrogens with one attached hydrogen (secondary N) is 2. The fourth-order valence-electron chi connectivity index (χ4n) is 5.55. The van der Waals surface area contributed by atoms with Crippen molar-refractivity contribution in [2.24, 2.45) is 0 Å². The van der Waals surface area contributed by atoms with Gasteiger partial charge >= 0.3 is 6.18 Å². The number of carbonyl (C=O) groups is 1. The van der Waals surface area contributed by atoms with E-state index < -0.39 is 25.9 Å². The molecule has 1 amide bonds. The maximum absolute atomic E-state index is 14.1. The number of rotatable bonds is 13. The van der Waals surface area contributed by atoms with E-state index in [1.165, 1.54) is 7.11 Å². The third-order valence-corrected chi connectivity index (χ3v) is 9.39. The summed E-state index contributed by atoms with van der Waals surface area (Å²) in [5, 5.41) is 5.82. The molecule has 0 radical (unpaired) electrons. The molecule has 45 heavy (non-hydrogen) atoms. The Balaban J connectivity index is 1.44. The molecule has 1 saturated heterocycles. The Morgan fingerprint density at radius 1 is 1.02 bits per heavy atom. The van der Waals surface area contributed by atoms with Gasteiger partial charge in [-0.05, 0) is 74.7 Å². The van der Waals surface area contributed by atoms with E-state index >= 15 is 0 Å². The normalized spacial score (nSPS) is 15.2. The van der Waals surface area contributed by atoms with Crippen LogP contribution in [0.4, 0.5) is 36.3 Å². The fourth-order valence-corrected chi connectivity index (χ4v) is 6.87. The predicted octanol–water partition coefficient (Wildman–Crippen LogP) is 7.06. The second kappa shape index (κ2) is 14.3.